The molecule has 110 valence electrons. The zero-order chi connectivity index (χ0) is 14.4. The summed E-state index contributed by atoms with van der Waals surface area (Å²) in [5, 5.41) is 0. The topological polar surface area (TPSA) is 29.5 Å². The van der Waals surface area contributed by atoms with Crippen molar-refractivity contribution in [2.45, 2.75) is 36.6 Å². The van der Waals surface area contributed by atoms with E-state index in [4.69, 9.17) is 4.74 Å². The molecule has 1 saturated heterocycles. The molecule has 0 radical (unpaired) electrons. The van der Waals surface area contributed by atoms with Gasteiger partial charge in [-0.05, 0) is 44.1 Å². The number of thioether (sulfide) groups is 1. The van der Waals surface area contributed by atoms with Crippen LogP contribution in [0.4, 0.5) is 0 Å². The van der Waals surface area contributed by atoms with Crippen LogP contribution in [0.3, 0.4) is 0 Å². The van der Waals surface area contributed by atoms with E-state index in [9.17, 15) is 4.79 Å². The third-order valence-electron chi connectivity index (χ3n) is 3.88. The molecule has 20 heavy (non-hydrogen) atoms. The Balaban J connectivity index is 2.16. The van der Waals surface area contributed by atoms with Gasteiger partial charge in [0.2, 0.25) is 0 Å². The number of nitrogens with zero attached hydrogens (tertiary/aromatic N) is 1. The molecule has 1 amide bonds. The minimum atomic E-state index is 0.177. The van der Waals surface area contributed by atoms with Crippen molar-refractivity contribution in [1.29, 1.82) is 0 Å². The molecule has 0 aliphatic carbocycles. The highest BCUT2D eigenvalue weighted by Gasteiger charge is 2.28. The van der Waals surface area contributed by atoms with Crippen LogP contribution in [0.1, 0.15) is 36.0 Å². The van der Waals surface area contributed by atoms with E-state index in [-0.39, 0.29) is 5.91 Å². The number of rotatable bonds is 5. The fourth-order valence-corrected chi connectivity index (χ4v) is 3.39. The maximum Gasteiger partial charge on any atom is 0.255 e. The average Bonchev–Trinajstić information content (AvgIpc) is 2.52. The van der Waals surface area contributed by atoms with Crippen LogP contribution in [0.15, 0.2) is 29.2 Å². The fourth-order valence-electron chi connectivity index (χ4n) is 2.80. The lowest BCUT2D eigenvalue weighted by molar-refractivity contribution is 0.0549. The summed E-state index contributed by atoms with van der Waals surface area (Å²) in [5.41, 5.74) is 0.837. The number of likely N-dealkylation sites (tertiary alicyclic amines) is 1. The molecule has 1 aromatic carbocycles. The predicted octanol–water partition coefficient (Wildman–Crippen LogP) is 3.44. The summed E-state index contributed by atoms with van der Waals surface area (Å²) in [7, 11) is 1.72. The quantitative estimate of drug-likeness (QED) is 0.779. The fraction of sp³-hybridized carbons (Fsp3) is 0.562. The second-order valence-corrected chi connectivity index (χ2v) is 5.98. The second-order valence-electron chi connectivity index (χ2n) is 5.13. The minimum absolute atomic E-state index is 0.177. The van der Waals surface area contributed by atoms with E-state index in [0.29, 0.717) is 6.04 Å². The number of ether oxygens (including phenoxy) is 1. The van der Waals surface area contributed by atoms with Gasteiger partial charge in [0.15, 0.2) is 0 Å². The number of amides is 1. The molecular formula is C16H23NO2S. The summed E-state index contributed by atoms with van der Waals surface area (Å²) >= 11 is 1.63. The Labute approximate surface area is 125 Å². The van der Waals surface area contributed by atoms with E-state index in [0.717, 1.165) is 42.9 Å². The van der Waals surface area contributed by atoms with Crippen molar-refractivity contribution >= 4 is 17.7 Å². The third kappa shape index (κ3) is 3.55. The zero-order valence-electron chi connectivity index (χ0n) is 12.3. The summed E-state index contributed by atoms with van der Waals surface area (Å²) in [6.07, 6.45) is 6.37. The van der Waals surface area contributed by atoms with E-state index < -0.39 is 0 Å². The highest BCUT2D eigenvalue weighted by molar-refractivity contribution is 7.98. The summed E-state index contributed by atoms with van der Waals surface area (Å²) in [5.74, 6) is 0.177. The molecule has 1 atom stereocenters. The number of piperidine rings is 1. The van der Waals surface area contributed by atoms with Crippen molar-refractivity contribution < 1.29 is 9.53 Å². The normalized spacial score (nSPS) is 19.1. The Morgan fingerprint density at radius 3 is 2.95 bits per heavy atom. The lowest BCUT2D eigenvalue weighted by atomic mass is 9.98. The zero-order valence-corrected chi connectivity index (χ0v) is 13.1. The molecule has 0 unspecified atom stereocenters. The lowest BCUT2D eigenvalue weighted by Crippen LogP contribution is -2.44. The van der Waals surface area contributed by atoms with Crippen molar-refractivity contribution in [2.75, 3.05) is 26.5 Å². The Kier molecular flexibility index (Phi) is 5.92. The molecule has 1 aliphatic heterocycles. The van der Waals surface area contributed by atoms with Gasteiger partial charge in [-0.1, -0.05) is 12.1 Å². The van der Waals surface area contributed by atoms with Gasteiger partial charge >= 0.3 is 0 Å². The van der Waals surface area contributed by atoms with Gasteiger partial charge in [0, 0.05) is 31.2 Å². The Morgan fingerprint density at radius 2 is 2.20 bits per heavy atom. The Hall–Kier alpha value is -1.00. The van der Waals surface area contributed by atoms with Crippen molar-refractivity contribution in [3.8, 4) is 0 Å². The maximum atomic E-state index is 12.8. The van der Waals surface area contributed by atoms with E-state index in [1.807, 2.05) is 30.5 Å². The van der Waals surface area contributed by atoms with Gasteiger partial charge in [-0.25, -0.2) is 0 Å². The van der Waals surface area contributed by atoms with Gasteiger partial charge in [-0.2, -0.15) is 0 Å². The Bertz CT molecular complexity index is 450. The highest BCUT2D eigenvalue weighted by atomic mass is 32.2. The van der Waals surface area contributed by atoms with Crippen LogP contribution in [0.2, 0.25) is 0 Å². The monoisotopic (exact) mass is 293 g/mol. The second kappa shape index (κ2) is 7.70. The molecule has 0 saturated carbocycles. The predicted molar refractivity (Wildman–Crippen MR) is 83.4 cm³/mol. The van der Waals surface area contributed by atoms with Crippen LogP contribution >= 0.6 is 11.8 Å². The van der Waals surface area contributed by atoms with Crippen molar-refractivity contribution in [1.82, 2.24) is 4.90 Å². The van der Waals surface area contributed by atoms with E-state index in [1.54, 1.807) is 18.9 Å². The summed E-state index contributed by atoms with van der Waals surface area (Å²) in [6.45, 7) is 1.59. The molecule has 3 nitrogen and oxygen atoms in total. The van der Waals surface area contributed by atoms with Crippen LogP contribution < -0.4 is 0 Å². The third-order valence-corrected chi connectivity index (χ3v) is 4.68. The van der Waals surface area contributed by atoms with Gasteiger partial charge in [0.1, 0.15) is 0 Å². The number of benzene rings is 1. The van der Waals surface area contributed by atoms with Gasteiger partial charge in [-0.15, -0.1) is 11.8 Å². The molecule has 4 heteroatoms. The molecule has 0 N–H and O–H groups in total. The average molecular weight is 293 g/mol. The number of hydrogen-bond donors (Lipinski definition) is 0. The summed E-state index contributed by atoms with van der Waals surface area (Å²) < 4.78 is 5.18. The van der Waals surface area contributed by atoms with Crippen LogP contribution in [0, 0.1) is 0 Å². The maximum absolute atomic E-state index is 12.8. The van der Waals surface area contributed by atoms with E-state index in [2.05, 4.69) is 4.90 Å². The number of hydrogen-bond acceptors (Lipinski definition) is 3. The molecule has 2 rings (SSSR count). The first-order valence-corrected chi connectivity index (χ1v) is 8.43. The molecule has 1 aliphatic rings. The van der Waals surface area contributed by atoms with Gasteiger partial charge < -0.3 is 9.64 Å². The van der Waals surface area contributed by atoms with Crippen molar-refractivity contribution in [2.24, 2.45) is 0 Å². The lowest BCUT2D eigenvalue weighted by Gasteiger charge is -2.36. The van der Waals surface area contributed by atoms with Crippen molar-refractivity contribution in [3.63, 3.8) is 0 Å². The van der Waals surface area contributed by atoms with E-state index >= 15 is 0 Å². The summed E-state index contributed by atoms with van der Waals surface area (Å²) in [4.78, 5) is 15.9. The van der Waals surface area contributed by atoms with Gasteiger partial charge in [0.25, 0.3) is 5.91 Å². The Morgan fingerprint density at radius 1 is 1.40 bits per heavy atom. The first kappa shape index (κ1) is 15.4. The molecule has 1 aromatic rings. The largest absolute Gasteiger partial charge is 0.385 e. The summed E-state index contributed by atoms with van der Waals surface area (Å²) in [6, 6.07) is 8.22. The van der Waals surface area contributed by atoms with Gasteiger partial charge in [-0.3, -0.25) is 4.79 Å². The van der Waals surface area contributed by atoms with Crippen LogP contribution in [0.5, 0.6) is 0 Å². The minimum Gasteiger partial charge on any atom is -0.385 e. The van der Waals surface area contributed by atoms with Crippen LogP contribution in [-0.2, 0) is 4.74 Å². The molecule has 1 heterocycles. The molecule has 1 fully saturated rings. The molecular weight excluding hydrogens is 270 g/mol. The number of carbonyl (C=O) groups excluding carboxylic acids is 1. The van der Waals surface area contributed by atoms with Crippen LogP contribution in [0.25, 0.3) is 0 Å². The van der Waals surface area contributed by atoms with Gasteiger partial charge in [0.05, 0.1) is 5.56 Å². The van der Waals surface area contributed by atoms with E-state index in [1.165, 1.54) is 6.42 Å². The van der Waals surface area contributed by atoms with Crippen LogP contribution in [-0.4, -0.2) is 43.4 Å². The SMILES string of the molecule is COCC[C@H]1CCCCN1C(=O)c1ccccc1SC. The highest BCUT2D eigenvalue weighted by Crippen LogP contribution is 2.26. The molecule has 0 spiro atoms. The molecule has 0 bridgehead atoms. The standard InChI is InChI=1S/C16H23NO2S/c1-19-12-10-13-7-5-6-11-17(13)16(18)14-8-3-4-9-15(14)20-2/h3-4,8-9,13H,5-7,10-12H2,1-2H3/t13-/m1/s1. The smallest absolute Gasteiger partial charge is 0.255 e. The first-order valence-electron chi connectivity index (χ1n) is 7.21. The van der Waals surface area contributed by atoms with Crippen molar-refractivity contribution in [3.05, 3.63) is 29.8 Å². The number of methoxy groups -OCH3 is 1. The number of carbonyl (C=O) groups is 1. The molecule has 0 aromatic heterocycles. The first-order chi connectivity index (χ1) is 9.77.